The first-order valence-corrected chi connectivity index (χ1v) is 11.1. The van der Waals surface area contributed by atoms with Crippen molar-refractivity contribution in [3.8, 4) is 0 Å². The van der Waals surface area contributed by atoms with Crippen molar-refractivity contribution in [2.45, 2.75) is 56.6 Å². The van der Waals surface area contributed by atoms with Gasteiger partial charge in [-0.3, -0.25) is 14.7 Å². The fourth-order valence-corrected chi connectivity index (χ4v) is 4.20. The average Bonchev–Trinajstić information content (AvgIpc) is 3.31. The first-order chi connectivity index (χ1) is 14.0. The number of piperidine rings is 1. The molecule has 156 valence electrons. The summed E-state index contributed by atoms with van der Waals surface area (Å²) in [5.41, 5.74) is 0. The molecule has 1 aliphatic carbocycles. The third-order valence-electron chi connectivity index (χ3n) is 5.40. The summed E-state index contributed by atoms with van der Waals surface area (Å²) in [4.78, 5) is 31.3. The molecule has 1 saturated heterocycles. The summed E-state index contributed by atoms with van der Waals surface area (Å²) in [6, 6.07) is 1.66. The average molecular weight is 419 g/mol. The third kappa shape index (κ3) is 4.98. The van der Waals surface area contributed by atoms with E-state index in [-0.39, 0.29) is 22.8 Å². The van der Waals surface area contributed by atoms with Gasteiger partial charge in [0.2, 0.25) is 11.8 Å². The standard InChI is InChI=1S/C19H26N6O3S/c1-11-9-15(24-28-11)20-19(27)12(2)29-10-16(26)25-7-5-14(6-8-25)18-21-17(22-23-18)13-3-4-13/h9,12-14H,3-8,10H2,1-2H3,(H,20,24,27)(H,21,22,23). The molecule has 0 aromatic carbocycles. The van der Waals surface area contributed by atoms with Gasteiger partial charge in [-0.15, -0.1) is 11.8 Å². The molecule has 29 heavy (non-hydrogen) atoms. The van der Waals surface area contributed by atoms with Gasteiger partial charge in [0.05, 0.1) is 11.0 Å². The second-order valence-corrected chi connectivity index (χ2v) is 9.10. The highest BCUT2D eigenvalue weighted by atomic mass is 32.2. The zero-order valence-electron chi connectivity index (χ0n) is 16.7. The van der Waals surface area contributed by atoms with E-state index >= 15 is 0 Å². The Morgan fingerprint density at radius 2 is 2.07 bits per heavy atom. The van der Waals surface area contributed by atoms with Gasteiger partial charge in [0.25, 0.3) is 0 Å². The van der Waals surface area contributed by atoms with Gasteiger partial charge in [-0.05, 0) is 39.5 Å². The molecule has 1 atom stereocenters. The Hall–Kier alpha value is -2.36. The molecule has 2 aromatic heterocycles. The summed E-state index contributed by atoms with van der Waals surface area (Å²) in [6.45, 7) is 4.97. The molecule has 2 fully saturated rings. The van der Waals surface area contributed by atoms with Crippen molar-refractivity contribution in [3.63, 3.8) is 0 Å². The van der Waals surface area contributed by atoms with Crippen LogP contribution in [0.25, 0.3) is 0 Å². The largest absolute Gasteiger partial charge is 0.360 e. The Bertz CT molecular complexity index is 869. The molecule has 2 amide bonds. The normalized spacial score (nSPS) is 18.6. The lowest BCUT2D eigenvalue weighted by Crippen LogP contribution is -2.39. The zero-order chi connectivity index (χ0) is 20.4. The van der Waals surface area contributed by atoms with Gasteiger partial charge < -0.3 is 14.7 Å². The fraction of sp³-hybridized carbons (Fsp3) is 0.632. The summed E-state index contributed by atoms with van der Waals surface area (Å²) in [6.07, 6.45) is 4.15. The molecule has 1 unspecified atom stereocenters. The Morgan fingerprint density at radius 1 is 1.31 bits per heavy atom. The van der Waals surface area contributed by atoms with Crippen molar-refractivity contribution in [1.82, 2.24) is 25.2 Å². The highest BCUT2D eigenvalue weighted by Crippen LogP contribution is 2.38. The van der Waals surface area contributed by atoms with Crippen molar-refractivity contribution >= 4 is 29.4 Å². The summed E-state index contributed by atoms with van der Waals surface area (Å²) in [5, 5.41) is 13.5. The molecule has 10 heteroatoms. The number of anilines is 1. The summed E-state index contributed by atoms with van der Waals surface area (Å²) < 4.78 is 4.94. The molecule has 4 rings (SSSR count). The van der Waals surface area contributed by atoms with Gasteiger partial charge in [0.1, 0.15) is 11.6 Å². The van der Waals surface area contributed by atoms with E-state index in [9.17, 15) is 9.59 Å². The predicted octanol–water partition coefficient (Wildman–Crippen LogP) is 2.44. The number of nitrogens with zero attached hydrogens (tertiary/aromatic N) is 4. The van der Waals surface area contributed by atoms with Crippen LogP contribution in [-0.4, -0.2) is 61.1 Å². The van der Waals surface area contributed by atoms with Crippen LogP contribution in [0.4, 0.5) is 5.82 Å². The minimum atomic E-state index is -0.358. The van der Waals surface area contributed by atoms with Crippen molar-refractivity contribution in [2.24, 2.45) is 0 Å². The van der Waals surface area contributed by atoms with Crippen LogP contribution in [0.1, 0.15) is 61.9 Å². The number of hydrogen-bond acceptors (Lipinski definition) is 7. The summed E-state index contributed by atoms with van der Waals surface area (Å²) in [7, 11) is 0. The highest BCUT2D eigenvalue weighted by Gasteiger charge is 2.31. The zero-order valence-corrected chi connectivity index (χ0v) is 17.5. The maximum absolute atomic E-state index is 12.5. The lowest BCUT2D eigenvalue weighted by molar-refractivity contribution is -0.129. The number of hydrogen-bond donors (Lipinski definition) is 2. The number of aryl methyl sites for hydroxylation is 1. The van der Waals surface area contributed by atoms with Crippen LogP contribution < -0.4 is 5.32 Å². The predicted molar refractivity (Wildman–Crippen MR) is 109 cm³/mol. The van der Waals surface area contributed by atoms with E-state index in [0.29, 0.717) is 36.5 Å². The van der Waals surface area contributed by atoms with Crippen LogP contribution in [-0.2, 0) is 9.59 Å². The van der Waals surface area contributed by atoms with Gasteiger partial charge in [-0.1, -0.05) is 5.16 Å². The second kappa shape index (κ2) is 8.56. The van der Waals surface area contributed by atoms with Gasteiger partial charge in [-0.2, -0.15) is 5.10 Å². The third-order valence-corrected chi connectivity index (χ3v) is 6.53. The van der Waals surface area contributed by atoms with Crippen molar-refractivity contribution in [1.29, 1.82) is 0 Å². The number of amides is 2. The van der Waals surface area contributed by atoms with Crippen LogP contribution in [0.2, 0.25) is 0 Å². The number of carbonyl (C=O) groups excluding carboxylic acids is 2. The molecule has 1 aliphatic heterocycles. The van der Waals surface area contributed by atoms with E-state index in [1.807, 2.05) is 4.90 Å². The molecular formula is C19H26N6O3S. The van der Waals surface area contributed by atoms with Crippen molar-refractivity contribution in [3.05, 3.63) is 23.5 Å². The first kappa shape index (κ1) is 19.9. The number of thioether (sulfide) groups is 1. The molecular weight excluding hydrogens is 392 g/mol. The highest BCUT2D eigenvalue weighted by molar-refractivity contribution is 8.01. The Balaban J connectivity index is 1.19. The first-order valence-electron chi connectivity index (χ1n) is 10.1. The number of likely N-dealkylation sites (tertiary alicyclic amines) is 1. The van der Waals surface area contributed by atoms with Crippen LogP contribution in [0.15, 0.2) is 10.6 Å². The number of H-pyrrole nitrogens is 1. The molecule has 3 heterocycles. The quantitative estimate of drug-likeness (QED) is 0.709. The van der Waals surface area contributed by atoms with Gasteiger partial charge >= 0.3 is 0 Å². The second-order valence-electron chi connectivity index (χ2n) is 7.77. The fourth-order valence-electron chi connectivity index (χ4n) is 3.41. The van der Waals surface area contributed by atoms with Crippen LogP contribution >= 0.6 is 11.8 Å². The van der Waals surface area contributed by atoms with Crippen LogP contribution in [0.5, 0.6) is 0 Å². The van der Waals surface area contributed by atoms with E-state index in [2.05, 4.69) is 25.7 Å². The van der Waals surface area contributed by atoms with Gasteiger partial charge in [0, 0.05) is 31.0 Å². The van der Waals surface area contributed by atoms with E-state index in [1.165, 1.54) is 24.6 Å². The van der Waals surface area contributed by atoms with Crippen molar-refractivity contribution < 1.29 is 14.1 Å². The minimum Gasteiger partial charge on any atom is -0.360 e. The Labute approximate surface area is 173 Å². The molecule has 2 aliphatic rings. The lowest BCUT2D eigenvalue weighted by Gasteiger charge is -2.31. The molecule has 2 aromatic rings. The molecule has 2 N–H and O–H groups in total. The van der Waals surface area contributed by atoms with E-state index in [1.54, 1.807) is 19.9 Å². The monoisotopic (exact) mass is 418 g/mol. The van der Waals surface area contributed by atoms with Gasteiger partial charge in [0.15, 0.2) is 11.6 Å². The number of rotatable bonds is 7. The number of aromatic amines is 1. The van der Waals surface area contributed by atoms with E-state index < -0.39 is 0 Å². The van der Waals surface area contributed by atoms with Crippen molar-refractivity contribution in [2.75, 3.05) is 24.2 Å². The maximum atomic E-state index is 12.5. The SMILES string of the molecule is Cc1cc(NC(=O)C(C)SCC(=O)N2CCC(c3nc(C4CC4)n[nH]3)CC2)no1. The van der Waals surface area contributed by atoms with E-state index in [0.717, 1.165) is 24.5 Å². The van der Waals surface area contributed by atoms with Crippen LogP contribution in [0, 0.1) is 6.92 Å². The Morgan fingerprint density at radius 3 is 2.72 bits per heavy atom. The summed E-state index contributed by atoms with van der Waals surface area (Å²) >= 11 is 1.33. The molecule has 1 saturated carbocycles. The smallest absolute Gasteiger partial charge is 0.238 e. The topological polar surface area (TPSA) is 117 Å². The lowest BCUT2D eigenvalue weighted by atomic mass is 9.96. The molecule has 9 nitrogen and oxygen atoms in total. The van der Waals surface area contributed by atoms with E-state index in [4.69, 9.17) is 4.52 Å². The molecule has 0 bridgehead atoms. The summed E-state index contributed by atoms with van der Waals surface area (Å²) in [5.74, 6) is 3.98. The number of aromatic nitrogens is 4. The van der Waals surface area contributed by atoms with Crippen LogP contribution in [0.3, 0.4) is 0 Å². The number of carbonyl (C=O) groups is 2. The minimum absolute atomic E-state index is 0.0709. The molecule has 0 spiro atoms. The number of nitrogens with one attached hydrogen (secondary N) is 2. The van der Waals surface area contributed by atoms with Gasteiger partial charge in [-0.25, -0.2) is 4.98 Å². The molecule has 0 radical (unpaired) electrons. The Kier molecular flexibility index (Phi) is 5.89. The maximum Gasteiger partial charge on any atom is 0.238 e.